The molecule has 0 atom stereocenters. The predicted octanol–water partition coefficient (Wildman–Crippen LogP) is 3.48. The first-order chi connectivity index (χ1) is 6.84. The van der Waals surface area contributed by atoms with Crippen molar-refractivity contribution in [1.82, 2.24) is 4.37 Å². The summed E-state index contributed by atoms with van der Waals surface area (Å²) >= 11 is 4.72. The molecule has 1 aromatic carbocycles. The molecule has 0 fully saturated rings. The number of benzene rings is 1. The van der Waals surface area contributed by atoms with Crippen LogP contribution in [0.1, 0.15) is 5.56 Å². The van der Waals surface area contributed by atoms with E-state index in [1.165, 1.54) is 11.5 Å². The van der Waals surface area contributed by atoms with Gasteiger partial charge in [-0.1, -0.05) is 30.3 Å². The van der Waals surface area contributed by atoms with Crippen LogP contribution in [0, 0.1) is 0 Å². The first kappa shape index (κ1) is 9.68. The lowest BCUT2D eigenvalue weighted by Crippen LogP contribution is -1.94. The smallest absolute Gasteiger partial charge is 0.226 e. The van der Waals surface area contributed by atoms with Gasteiger partial charge in [-0.3, -0.25) is 0 Å². The number of ether oxygens (including phenoxy) is 1. The molecule has 0 saturated heterocycles. The van der Waals surface area contributed by atoms with Gasteiger partial charge in [0.25, 0.3) is 0 Å². The summed E-state index contributed by atoms with van der Waals surface area (Å²) in [6, 6.07) is 11.9. The molecule has 1 aromatic heterocycles. The quantitative estimate of drug-likeness (QED) is 0.851. The molecule has 2 aromatic rings. The number of hydrogen-bond donors (Lipinski definition) is 0. The second-order valence-corrected chi connectivity index (χ2v) is 4.93. The zero-order valence-corrected chi connectivity index (χ0v) is 9.72. The molecular weight excluding hydrogens is 262 g/mol. The molecule has 2 nitrogen and oxygen atoms in total. The third-order valence-electron chi connectivity index (χ3n) is 1.69. The lowest BCUT2D eigenvalue weighted by Gasteiger charge is -2.01. The van der Waals surface area contributed by atoms with E-state index in [1.54, 1.807) is 0 Å². The van der Waals surface area contributed by atoms with Crippen LogP contribution in [0.4, 0.5) is 0 Å². The zero-order valence-electron chi connectivity index (χ0n) is 7.31. The molecule has 0 N–H and O–H groups in total. The van der Waals surface area contributed by atoms with Crippen LogP contribution in [0.5, 0.6) is 5.88 Å². The fraction of sp³-hybridized carbons (Fsp3) is 0.100. The molecule has 0 bridgehead atoms. The van der Waals surface area contributed by atoms with E-state index in [9.17, 15) is 0 Å². The molecule has 72 valence electrons. The SMILES string of the molecule is Brc1cc(OCc2ccccc2)ns1. The van der Waals surface area contributed by atoms with Gasteiger partial charge in [0.1, 0.15) is 6.61 Å². The highest BCUT2D eigenvalue weighted by Gasteiger charge is 1.99. The summed E-state index contributed by atoms with van der Waals surface area (Å²) in [6.45, 7) is 0.566. The molecule has 14 heavy (non-hydrogen) atoms. The van der Waals surface area contributed by atoms with E-state index in [-0.39, 0.29) is 0 Å². The molecule has 0 aliphatic heterocycles. The average molecular weight is 270 g/mol. The molecule has 0 amide bonds. The van der Waals surface area contributed by atoms with E-state index >= 15 is 0 Å². The van der Waals surface area contributed by atoms with Gasteiger partial charge in [-0.15, -0.1) is 0 Å². The second-order valence-electron chi connectivity index (χ2n) is 2.74. The first-order valence-corrected chi connectivity index (χ1v) is 5.70. The molecule has 2 rings (SSSR count). The maximum absolute atomic E-state index is 5.48. The summed E-state index contributed by atoms with van der Waals surface area (Å²) in [5.74, 6) is 0.672. The Kier molecular flexibility index (Phi) is 3.16. The lowest BCUT2D eigenvalue weighted by molar-refractivity contribution is 0.297. The van der Waals surface area contributed by atoms with Gasteiger partial charge in [0.05, 0.1) is 3.79 Å². The van der Waals surface area contributed by atoms with Crippen LogP contribution < -0.4 is 4.74 Å². The molecule has 0 saturated carbocycles. The Morgan fingerprint density at radius 2 is 2.07 bits per heavy atom. The summed E-state index contributed by atoms with van der Waals surface area (Å²) < 4.78 is 10.6. The van der Waals surface area contributed by atoms with Crippen molar-refractivity contribution < 1.29 is 4.74 Å². The van der Waals surface area contributed by atoms with Gasteiger partial charge >= 0.3 is 0 Å². The summed E-state index contributed by atoms with van der Waals surface area (Å²) in [5, 5.41) is 0. The molecule has 0 aliphatic rings. The molecule has 0 spiro atoms. The number of rotatable bonds is 3. The van der Waals surface area contributed by atoms with Crippen LogP contribution in [0.15, 0.2) is 40.2 Å². The Labute approximate surface area is 94.8 Å². The predicted molar refractivity (Wildman–Crippen MR) is 60.6 cm³/mol. The highest BCUT2D eigenvalue weighted by atomic mass is 79.9. The summed E-state index contributed by atoms with van der Waals surface area (Å²) in [4.78, 5) is 0. The lowest BCUT2D eigenvalue weighted by atomic mass is 10.2. The van der Waals surface area contributed by atoms with Gasteiger partial charge in [-0.25, -0.2) is 0 Å². The highest BCUT2D eigenvalue weighted by Crippen LogP contribution is 2.22. The summed E-state index contributed by atoms with van der Waals surface area (Å²) in [6.07, 6.45) is 0. The minimum Gasteiger partial charge on any atom is -0.472 e. The van der Waals surface area contributed by atoms with Crippen molar-refractivity contribution in [2.45, 2.75) is 6.61 Å². The van der Waals surface area contributed by atoms with Crippen LogP contribution in [-0.4, -0.2) is 4.37 Å². The largest absolute Gasteiger partial charge is 0.472 e. The summed E-state index contributed by atoms with van der Waals surface area (Å²) in [7, 11) is 0. The van der Waals surface area contributed by atoms with Gasteiger partial charge in [-0.05, 0) is 33.0 Å². The maximum Gasteiger partial charge on any atom is 0.226 e. The van der Waals surface area contributed by atoms with Crippen molar-refractivity contribution >= 4 is 27.5 Å². The van der Waals surface area contributed by atoms with Crippen molar-refractivity contribution in [2.24, 2.45) is 0 Å². The number of nitrogens with zero attached hydrogens (tertiary/aromatic N) is 1. The Morgan fingerprint density at radius 1 is 1.29 bits per heavy atom. The van der Waals surface area contributed by atoms with Crippen LogP contribution in [0.2, 0.25) is 0 Å². The van der Waals surface area contributed by atoms with E-state index in [0.29, 0.717) is 12.5 Å². The number of hydrogen-bond acceptors (Lipinski definition) is 3. The van der Waals surface area contributed by atoms with Gasteiger partial charge in [0, 0.05) is 6.07 Å². The number of aromatic nitrogens is 1. The fourth-order valence-corrected chi connectivity index (χ4v) is 1.89. The Balaban J connectivity index is 1.95. The van der Waals surface area contributed by atoms with Crippen molar-refractivity contribution in [2.75, 3.05) is 0 Å². The van der Waals surface area contributed by atoms with Gasteiger partial charge < -0.3 is 4.74 Å². The zero-order chi connectivity index (χ0) is 9.80. The third kappa shape index (κ3) is 2.56. The molecule has 0 aliphatic carbocycles. The van der Waals surface area contributed by atoms with E-state index in [2.05, 4.69) is 20.3 Å². The van der Waals surface area contributed by atoms with E-state index < -0.39 is 0 Å². The van der Waals surface area contributed by atoms with Crippen molar-refractivity contribution in [3.8, 4) is 5.88 Å². The Bertz CT molecular complexity index is 402. The van der Waals surface area contributed by atoms with Gasteiger partial charge in [0.2, 0.25) is 5.88 Å². The molecule has 1 heterocycles. The Hall–Kier alpha value is -0.870. The first-order valence-electron chi connectivity index (χ1n) is 4.13. The molecular formula is C10H8BrNOS. The monoisotopic (exact) mass is 269 g/mol. The van der Waals surface area contributed by atoms with Crippen molar-refractivity contribution in [3.63, 3.8) is 0 Å². The topological polar surface area (TPSA) is 22.1 Å². The average Bonchev–Trinajstić information content (AvgIpc) is 2.63. The van der Waals surface area contributed by atoms with Crippen molar-refractivity contribution in [1.29, 1.82) is 0 Å². The maximum atomic E-state index is 5.48. The number of halogens is 1. The Morgan fingerprint density at radius 3 is 2.71 bits per heavy atom. The van der Waals surface area contributed by atoms with E-state index in [4.69, 9.17) is 4.74 Å². The van der Waals surface area contributed by atoms with E-state index in [0.717, 1.165) is 9.35 Å². The van der Waals surface area contributed by atoms with Crippen LogP contribution >= 0.6 is 27.5 Å². The van der Waals surface area contributed by atoms with Crippen LogP contribution in [-0.2, 0) is 6.61 Å². The molecule has 4 heteroatoms. The summed E-state index contributed by atoms with van der Waals surface area (Å²) in [5.41, 5.74) is 1.15. The van der Waals surface area contributed by atoms with Gasteiger partial charge in [-0.2, -0.15) is 4.37 Å². The van der Waals surface area contributed by atoms with Crippen molar-refractivity contribution in [3.05, 3.63) is 45.7 Å². The second kappa shape index (κ2) is 4.57. The van der Waals surface area contributed by atoms with Gasteiger partial charge in [0.15, 0.2) is 0 Å². The molecule has 0 radical (unpaired) electrons. The highest BCUT2D eigenvalue weighted by molar-refractivity contribution is 9.11. The standard InChI is InChI=1S/C10H8BrNOS/c11-9-6-10(12-14-9)13-7-8-4-2-1-3-5-8/h1-6H,7H2. The minimum atomic E-state index is 0.566. The van der Waals surface area contributed by atoms with Crippen LogP contribution in [0.3, 0.4) is 0 Å². The van der Waals surface area contributed by atoms with E-state index in [1.807, 2.05) is 36.4 Å². The third-order valence-corrected chi connectivity index (χ3v) is 2.92. The fourth-order valence-electron chi connectivity index (χ4n) is 1.04. The minimum absolute atomic E-state index is 0.566. The van der Waals surface area contributed by atoms with Crippen LogP contribution in [0.25, 0.3) is 0 Å². The molecule has 0 unspecified atom stereocenters. The normalized spacial score (nSPS) is 10.1.